The summed E-state index contributed by atoms with van der Waals surface area (Å²) in [5, 5.41) is 2.80. The van der Waals surface area contributed by atoms with Gasteiger partial charge in [-0.2, -0.15) is 0 Å². The van der Waals surface area contributed by atoms with Gasteiger partial charge in [0.05, 0.1) is 14.2 Å². The van der Waals surface area contributed by atoms with Crippen molar-refractivity contribution in [1.29, 1.82) is 0 Å². The molecule has 0 saturated carbocycles. The van der Waals surface area contributed by atoms with Crippen LogP contribution >= 0.6 is 0 Å². The second kappa shape index (κ2) is 7.38. The van der Waals surface area contributed by atoms with Crippen LogP contribution in [0.3, 0.4) is 0 Å². The van der Waals surface area contributed by atoms with Gasteiger partial charge in [-0.1, -0.05) is 0 Å². The lowest BCUT2D eigenvalue weighted by atomic mass is 10.0. The average Bonchev–Trinajstić information content (AvgIpc) is 3.02. The summed E-state index contributed by atoms with van der Waals surface area (Å²) in [6.07, 6.45) is 2.41. The summed E-state index contributed by atoms with van der Waals surface area (Å²) < 4.78 is 10.1. The molecular weight excluding hydrogens is 318 g/mol. The van der Waals surface area contributed by atoms with E-state index in [1.807, 2.05) is 36.4 Å². The van der Waals surface area contributed by atoms with Crippen molar-refractivity contribution in [3.05, 3.63) is 58.7 Å². The first-order valence-corrected chi connectivity index (χ1v) is 8.27. The number of fused-ring (bicyclic) bond motifs is 2. The van der Waals surface area contributed by atoms with Gasteiger partial charge in [0.2, 0.25) is 0 Å². The molecular formula is C20H21NO4. The van der Waals surface area contributed by atoms with Gasteiger partial charge in [-0.3, -0.25) is 9.59 Å². The summed E-state index contributed by atoms with van der Waals surface area (Å²) in [6.45, 7) is 0.721. The summed E-state index contributed by atoms with van der Waals surface area (Å²) in [6, 6.07) is 11.2. The van der Waals surface area contributed by atoms with Crippen LogP contribution in [0.1, 0.15) is 38.3 Å². The molecule has 0 spiro atoms. The van der Waals surface area contributed by atoms with E-state index in [2.05, 4.69) is 5.32 Å². The number of aryl methyl sites for hydroxylation is 1. The molecule has 25 heavy (non-hydrogen) atoms. The van der Waals surface area contributed by atoms with E-state index < -0.39 is 0 Å². The lowest BCUT2D eigenvalue weighted by molar-refractivity contribution is 0.0944. The maximum absolute atomic E-state index is 11.3. The quantitative estimate of drug-likeness (QED) is 0.914. The van der Waals surface area contributed by atoms with Crippen molar-refractivity contribution in [2.75, 3.05) is 20.8 Å². The van der Waals surface area contributed by atoms with E-state index in [1.54, 1.807) is 14.2 Å². The van der Waals surface area contributed by atoms with Gasteiger partial charge in [0.1, 0.15) is 11.5 Å². The lowest BCUT2D eigenvalue weighted by Gasteiger charge is -2.16. The molecule has 2 aromatic rings. The fourth-order valence-corrected chi connectivity index (χ4v) is 3.09. The highest BCUT2D eigenvalue weighted by molar-refractivity contribution is 6.00. The molecule has 0 aromatic heterocycles. The second-order valence-corrected chi connectivity index (χ2v) is 5.98. The van der Waals surface area contributed by atoms with Crippen LogP contribution in [0.15, 0.2) is 36.4 Å². The van der Waals surface area contributed by atoms with Gasteiger partial charge in [-0.05, 0) is 60.4 Å². The minimum Gasteiger partial charge on any atom is -0.497 e. The predicted octanol–water partition coefficient (Wildman–Crippen LogP) is 2.81. The van der Waals surface area contributed by atoms with Gasteiger partial charge in [0.25, 0.3) is 5.91 Å². The molecule has 1 aliphatic carbocycles. The van der Waals surface area contributed by atoms with Crippen molar-refractivity contribution in [3.63, 3.8) is 0 Å². The molecule has 0 saturated heterocycles. The predicted molar refractivity (Wildman–Crippen MR) is 94.7 cm³/mol. The number of ketones is 1. The Morgan fingerprint density at radius 3 is 2.04 bits per heavy atom. The minimum absolute atomic E-state index is 0.0175. The van der Waals surface area contributed by atoms with Crippen molar-refractivity contribution >= 4 is 11.7 Å². The molecule has 130 valence electrons. The van der Waals surface area contributed by atoms with E-state index in [4.69, 9.17) is 9.47 Å². The Labute approximate surface area is 147 Å². The van der Waals surface area contributed by atoms with Crippen LogP contribution in [0, 0.1) is 0 Å². The Hall–Kier alpha value is -2.82. The fourth-order valence-electron chi connectivity index (χ4n) is 3.09. The first-order chi connectivity index (χ1) is 12.1. The zero-order chi connectivity index (χ0) is 17.8. The summed E-state index contributed by atoms with van der Waals surface area (Å²) in [5.74, 6) is 1.92. The van der Waals surface area contributed by atoms with Crippen LogP contribution in [0.25, 0.3) is 0 Å². The average molecular weight is 339 g/mol. The number of Topliss-reactive ketones (excluding diaryl/α,β-unsaturated/α-hetero) is 1. The van der Waals surface area contributed by atoms with Gasteiger partial charge in [-0.15, -0.1) is 0 Å². The number of nitrogens with one attached hydrogen (secondary N) is 1. The number of hydrogen-bond donors (Lipinski definition) is 1. The number of benzene rings is 2. The molecule has 2 aliphatic rings. The van der Waals surface area contributed by atoms with E-state index in [0.717, 1.165) is 53.1 Å². The topological polar surface area (TPSA) is 64.6 Å². The maximum Gasteiger partial charge on any atom is 0.251 e. The number of amides is 1. The van der Waals surface area contributed by atoms with E-state index in [0.29, 0.717) is 6.42 Å². The third kappa shape index (κ3) is 3.65. The molecule has 0 unspecified atom stereocenters. The molecule has 1 amide bonds. The van der Waals surface area contributed by atoms with Crippen molar-refractivity contribution in [2.45, 2.75) is 19.3 Å². The minimum atomic E-state index is 0.0175. The summed E-state index contributed by atoms with van der Waals surface area (Å²) in [7, 11) is 3.27. The van der Waals surface area contributed by atoms with Crippen LogP contribution in [0.2, 0.25) is 0 Å². The third-order valence-electron chi connectivity index (χ3n) is 4.47. The van der Waals surface area contributed by atoms with E-state index in [9.17, 15) is 9.59 Å². The molecule has 2 aromatic carbocycles. The number of hydrogen-bond acceptors (Lipinski definition) is 4. The molecule has 0 fully saturated rings. The second-order valence-electron chi connectivity index (χ2n) is 5.98. The van der Waals surface area contributed by atoms with Gasteiger partial charge in [0.15, 0.2) is 5.78 Å². The van der Waals surface area contributed by atoms with E-state index in [-0.39, 0.29) is 11.7 Å². The first-order valence-electron chi connectivity index (χ1n) is 8.27. The lowest BCUT2D eigenvalue weighted by Crippen LogP contribution is -2.31. The monoisotopic (exact) mass is 339 g/mol. The Bertz CT molecular complexity index is 813. The van der Waals surface area contributed by atoms with Gasteiger partial charge >= 0.3 is 0 Å². The fraction of sp³-hybridized carbons (Fsp3) is 0.300. The molecule has 1 N–H and O–H groups in total. The van der Waals surface area contributed by atoms with Crippen molar-refractivity contribution < 1.29 is 19.1 Å². The zero-order valence-electron chi connectivity index (χ0n) is 14.4. The Balaban J connectivity index is 0.000000146. The number of rotatable bonds is 2. The van der Waals surface area contributed by atoms with Crippen LogP contribution in [0.5, 0.6) is 11.5 Å². The van der Waals surface area contributed by atoms with Crippen molar-refractivity contribution in [2.24, 2.45) is 0 Å². The van der Waals surface area contributed by atoms with Crippen LogP contribution in [0.4, 0.5) is 0 Å². The largest absolute Gasteiger partial charge is 0.497 e. The highest BCUT2D eigenvalue weighted by atomic mass is 16.5. The standard InChI is InChI=1S/C10H11NO2.C10H10O2/c1-13-8-2-3-9-7(6-8)4-5-11-10(9)12;1-12-8-3-4-9-7(6-8)2-5-10(9)11/h2-3,6H,4-5H2,1H3,(H,11,12);3-4,6H,2,5H2,1H3. The molecule has 0 radical (unpaired) electrons. The Kier molecular flexibility index (Phi) is 5.03. The van der Waals surface area contributed by atoms with E-state index in [1.165, 1.54) is 0 Å². The van der Waals surface area contributed by atoms with Crippen LogP contribution < -0.4 is 14.8 Å². The molecule has 1 aliphatic heterocycles. The molecule has 5 heteroatoms. The maximum atomic E-state index is 11.3. The van der Waals surface area contributed by atoms with Crippen molar-refractivity contribution in [1.82, 2.24) is 5.32 Å². The smallest absolute Gasteiger partial charge is 0.251 e. The highest BCUT2D eigenvalue weighted by Gasteiger charge is 2.19. The summed E-state index contributed by atoms with van der Waals surface area (Å²) in [4.78, 5) is 22.6. The molecule has 5 nitrogen and oxygen atoms in total. The highest BCUT2D eigenvalue weighted by Crippen LogP contribution is 2.25. The normalized spacial score (nSPS) is 14.6. The molecule has 0 atom stereocenters. The molecule has 4 rings (SSSR count). The Morgan fingerprint density at radius 1 is 0.800 bits per heavy atom. The summed E-state index contributed by atoms with van der Waals surface area (Å²) >= 11 is 0. The number of methoxy groups -OCH3 is 2. The van der Waals surface area contributed by atoms with Gasteiger partial charge in [0, 0.05) is 24.1 Å². The van der Waals surface area contributed by atoms with Gasteiger partial charge < -0.3 is 14.8 Å². The Morgan fingerprint density at radius 2 is 1.40 bits per heavy atom. The first kappa shape index (κ1) is 17.0. The summed E-state index contributed by atoms with van der Waals surface area (Å²) in [5.41, 5.74) is 3.84. The zero-order valence-corrected chi connectivity index (χ0v) is 14.4. The number of carbonyl (C=O) groups excluding carboxylic acids is 2. The van der Waals surface area contributed by atoms with E-state index >= 15 is 0 Å². The van der Waals surface area contributed by atoms with Crippen molar-refractivity contribution in [3.8, 4) is 11.5 Å². The van der Waals surface area contributed by atoms with Crippen LogP contribution in [-0.2, 0) is 12.8 Å². The molecule has 0 bridgehead atoms. The van der Waals surface area contributed by atoms with Gasteiger partial charge in [-0.25, -0.2) is 0 Å². The number of ether oxygens (including phenoxy) is 2. The third-order valence-corrected chi connectivity index (χ3v) is 4.47. The number of carbonyl (C=O) groups is 2. The molecule has 1 heterocycles. The SMILES string of the molecule is COc1ccc2c(c1)CCC2=O.COc1ccc2c(c1)CCNC2=O. The van der Waals surface area contributed by atoms with Crippen LogP contribution in [-0.4, -0.2) is 32.5 Å².